The molecule has 566 valence electrons. The predicted molar refractivity (Wildman–Crippen MR) is 408 cm³/mol. The van der Waals surface area contributed by atoms with Crippen LogP contribution in [0.15, 0.2) is 146 Å². The average Bonchev–Trinajstić information content (AvgIpc) is 2.16. The Balaban J connectivity index is 4.66. The molecule has 0 aliphatic carbocycles. The minimum Gasteiger partial charge on any atom is -0.463 e. The number of carbonyl (C=O) groups is 3. The van der Waals surface area contributed by atoms with Gasteiger partial charge in [-0.3, -0.25) is 32.5 Å². The van der Waals surface area contributed by atoms with Gasteiger partial charge < -0.3 is 34.2 Å². The van der Waals surface area contributed by atoms with Crippen LogP contribution in [0.25, 0.3) is 0 Å². The highest BCUT2D eigenvalue weighted by molar-refractivity contribution is 7.47. The summed E-state index contributed by atoms with van der Waals surface area (Å²) in [5, 5.41) is 20.6. The van der Waals surface area contributed by atoms with Crippen molar-refractivity contribution >= 4 is 33.6 Å². The monoisotopic (exact) mass is 1430 g/mol. The number of aliphatic hydroxyl groups is 2. The third kappa shape index (κ3) is 74.4. The van der Waals surface area contributed by atoms with Crippen LogP contribution in [0.1, 0.15) is 290 Å². The molecule has 0 radical (unpaired) electrons. The normalized spacial score (nSPS) is 14.9. The summed E-state index contributed by atoms with van der Waals surface area (Å²) in [5.41, 5.74) is 0. The molecule has 0 rings (SSSR count). The van der Waals surface area contributed by atoms with Crippen molar-refractivity contribution in [3.05, 3.63) is 146 Å². The molecule has 0 aliphatic heterocycles. The number of unbranched alkanes of at least 4 members (excludes halogenated alkanes) is 24. The first-order valence-corrected chi connectivity index (χ1v) is 41.1. The van der Waals surface area contributed by atoms with E-state index in [0.717, 1.165) is 180 Å². The summed E-state index contributed by atoms with van der Waals surface area (Å²) in [6, 6.07) is 0. The number of aliphatic hydroxyl groups excluding tert-OH is 2. The SMILES string of the molecule is CC/C=C\C/C=C\C/C=C\C/C=C\C/C=C\CCCCCCCC(=O)OCC(COP(=O)(O)OCC(O)COP(=O)(O)OCC(O)COC(=O)CCCCCCCCCCC/C=C\C/C=C\C/C=C\C/C=C\CCCCC)OC(=O)CCCCCCCCC/C=C\C/C=C\C/C=C\CC. The minimum absolute atomic E-state index is 0.0839. The summed E-state index contributed by atoms with van der Waals surface area (Å²) in [6.07, 6.45) is 88.8. The molecule has 0 spiro atoms. The molecule has 0 bridgehead atoms. The van der Waals surface area contributed by atoms with Gasteiger partial charge >= 0.3 is 33.6 Å². The zero-order valence-electron chi connectivity index (χ0n) is 61.6. The maximum Gasteiger partial charge on any atom is 0.472 e. The van der Waals surface area contributed by atoms with Crippen LogP contribution < -0.4 is 0 Å². The Morgan fingerprint density at radius 3 is 0.848 bits per heavy atom. The summed E-state index contributed by atoms with van der Waals surface area (Å²) >= 11 is 0. The number of esters is 3. The van der Waals surface area contributed by atoms with Crippen molar-refractivity contribution in [2.45, 2.75) is 309 Å². The van der Waals surface area contributed by atoms with E-state index in [9.17, 15) is 43.5 Å². The van der Waals surface area contributed by atoms with Crippen molar-refractivity contribution in [1.29, 1.82) is 0 Å². The number of rotatable bonds is 71. The van der Waals surface area contributed by atoms with E-state index in [1.165, 1.54) is 51.4 Å². The summed E-state index contributed by atoms with van der Waals surface area (Å²) in [4.78, 5) is 58.6. The van der Waals surface area contributed by atoms with E-state index in [4.69, 9.17) is 32.3 Å². The molecule has 4 N–H and O–H groups in total. The van der Waals surface area contributed by atoms with Gasteiger partial charge in [-0.05, 0) is 141 Å². The molecule has 5 atom stereocenters. The second-order valence-corrected chi connectivity index (χ2v) is 27.9. The van der Waals surface area contributed by atoms with Gasteiger partial charge in [-0.15, -0.1) is 0 Å². The standard InChI is InChI=1S/C81H136O16P2/c1-4-7-10-13-16-19-22-25-28-31-33-35-36-37-38-40-42-44-46-49-52-55-58-61-64-67-79(84)91-70-76(82)71-93-98(87,88)94-72-77(83)73-95-99(89,90)96-75-78(97-81(86)69-66-63-60-57-54-51-48-43-30-27-24-21-18-15-12-9-6-3)74-92-80(85)68-65-62-59-56-53-50-47-45-41-39-34-32-29-26-23-20-17-14-11-8-5-2/h8-9,11-12,16-21,25-30,33-35,37-39,45,47,76-78,82-83H,4-7,10,13-15,22-24,31-32,36,40-44,46,48-75H2,1-3H3,(H,87,88)(H,89,90)/b11-8-,12-9-,19-16-,20-17-,21-18-,28-25-,29-26-,30-27-,35-33-,38-37-,39-34-,47-45-. The molecule has 0 fully saturated rings. The average molecular weight is 1430 g/mol. The minimum atomic E-state index is -4.94. The number of hydrogen-bond acceptors (Lipinski definition) is 14. The lowest BCUT2D eigenvalue weighted by Gasteiger charge is -2.21. The van der Waals surface area contributed by atoms with Gasteiger partial charge in [0.1, 0.15) is 25.4 Å². The molecular weight excluding hydrogens is 1290 g/mol. The van der Waals surface area contributed by atoms with Gasteiger partial charge in [-0.2, -0.15) is 0 Å². The summed E-state index contributed by atoms with van der Waals surface area (Å²) in [5.74, 6) is -1.62. The summed E-state index contributed by atoms with van der Waals surface area (Å²) < 4.78 is 61.1. The van der Waals surface area contributed by atoms with E-state index in [-0.39, 0.29) is 19.3 Å². The molecule has 99 heavy (non-hydrogen) atoms. The van der Waals surface area contributed by atoms with Crippen LogP contribution in [-0.2, 0) is 55.8 Å². The fraction of sp³-hybridized carbons (Fsp3) is 0.667. The van der Waals surface area contributed by atoms with Crippen molar-refractivity contribution in [3.8, 4) is 0 Å². The number of allylic oxidation sites excluding steroid dienone is 24. The Hall–Kier alpha value is -4.57. The van der Waals surface area contributed by atoms with Gasteiger partial charge in [0, 0.05) is 19.3 Å². The van der Waals surface area contributed by atoms with Crippen molar-refractivity contribution in [2.24, 2.45) is 0 Å². The molecule has 0 aliphatic rings. The highest BCUT2D eigenvalue weighted by Crippen LogP contribution is 2.45. The van der Waals surface area contributed by atoms with E-state index < -0.39 is 91.5 Å². The molecule has 18 heteroatoms. The van der Waals surface area contributed by atoms with Crippen LogP contribution in [0.2, 0.25) is 0 Å². The van der Waals surface area contributed by atoms with E-state index in [0.29, 0.717) is 19.3 Å². The number of phosphoric ester groups is 2. The second kappa shape index (κ2) is 73.2. The number of carbonyl (C=O) groups excluding carboxylic acids is 3. The van der Waals surface area contributed by atoms with Crippen LogP contribution in [0.5, 0.6) is 0 Å². The lowest BCUT2D eigenvalue weighted by molar-refractivity contribution is -0.161. The molecule has 0 saturated carbocycles. The zero-order valence-corrected chi connectivity index (χ0v) is 63.4. The smallest absolute Gasteiger partial charge is 0.463 e. The lowest BCUT2D eigenvalue weighted by atomic mass is 10.1. The van der Waals surface area contributed by atoms with Crippen LogP contribution >= 0.6 is 15.6 Å². The van der Waals surface area contributed by atoms with Crippen molar-refractivity contribution < 1.29 is 75.8 Å². The van der Waals surface area contributed by atoms with E-state index >= 15 is 0 Å². The van der Waals surface area contributed by atoms with Crippen molar-refractivity contribution in [1.82, 2.24) is 0 Å². The lowest BCUT2D eigenvalue weighted by Crippen LogP contribution is -2.30. The Bertz CT molecular complexity index is 2380. The van der Waals surface area contributed by atoms with Gasteiger partial charge in [0.2, 0.25) is 0 Å². The molecule has 0 amide bonds. The van der Waals surface area contributed by atoms with E-state index in [1.54, 1.807) is 0 Å². The van der Waals surface area contributed by atoms with E-state index in [2.05, 4.69) is 167 Å². The fourth-order valence-corrected chi connectivity index (χ4v) is 11.4. The quantitative estimate of drug-likeness (QED) is 0.0146. The molecule has 0 aromatic carbocycles. The highest BCUT2D eigenvalue weighted by Gasteiger charge is 2.29. The van der Waals surface area contributed by atoms with Gasteiger partial charge in [-0.1, -0.05) is 276 Å². The largest absolute Gasteiger partial charge is 0.472 e. The van der Waals surface area contributed by atoms with E-state index in [1.807, 2.05) is 0 Å². The van der Waals surface area contributed by atoms with Crippen molar-refractivity contribution in [3.63, 3.8) is 0 Å². The third-order valence-corrected chi connectivity index (χ3v) is 17.4. The molecular formula is C81H136O16P2. The Kier molecular flexibility index (Phi) is 69.8. The van der Waals surface area contributed by atoms with Crippen molar-refractivity contribution in [2.75, 3.05) is 39.6 Å². The zero-order chi connectivity index (χ0) is 72.3. The number of hydrogen-bond donors (Lipinski definition) is 4. The molecule has 0 heterocycles. The maximum absolute atomic E-state index is 13.0. The molecule has 0 saturated heterocycles. The van der Waals surface area contributed by atoms with Gasteiger partial charge in [0.25, 0.3) is 0 Å². The Morgan fingerprint density at radius 2 is 0.535 bits per heavy atom. The maximum atomic E-state index is 13.0. The first-order valence-electron chi connectivity index (χ1n) is 38.1. The summed E-state index contributed by atoms with van der Waals surface area (Å²) in [6.45, 7) is 2.38. The molecule has 16 nitrogen and oxygen atoms in total. The third-order valence-electron chi connectivity index (χ3n) is 15.5. The van der Waals surface area contributed by atoms with Gasteiger partial charge in [-0.25, -0.2) is 9.13 Å². The van der Waals surface area contributed by atoms with Gasteiger partial charge in [0.15, 0.2) is 6.10 Å². The topological polar surface area (TPSA) is 231 Å². The molecule has 5 unspecified atom stereocenters. The first kappa shape index (κ1) is 94.4. The van der Waals surface area contributed by atoms with Crippen LogP contribution in [0.4, 0.5) is 0 Å². The first-order chi connectivity index (χ1) is 48.2. The Morgan fingerprint density at radius 1 is 0.293 bits per heavy atom. The molecule has 0 aromatic heterocycles. The van der Waals surface area contributed by atoms with Gasteiger partial charge in [0.05, 0.1) is 26.4 Å². The molecule has 0 aromatic rings. The Labute approximate surface area is 600 Å². The second-order valence-electron chi connectivity index (χ2n) is 25.0. The van der Waals surface area contributed by atoms with Crippen LogP contribution in [-0.4, -0.2) is 95.9 Å². The number of phosphoric acid groups is 2. The fourth-order valence-electron chi connectivity index (χ4n) is 9.77. The van der Waals surface area contributed by atoms with Crippen LogP contribution in [0, 0.1) is 0 Å². The number of ether oxygens (including phenoxy) is 3. The van der Waals surface area contributed by atoms with Crippen LogP contribution in [0.3, 0.4) is 0 Å². The predicted octanol–water partition coefficient (Wildman–Crippen LogP) is 22.1. The highest BCUT2D eigenvalue weighted by atomic mass is 31.2. The summed E-state index contributed by atoms with van der Waals surface area (Å²) in [7, 11) is -9.81.